The van der Waals surface area contributed by atoms with Crippen molar-refractivity contribution in [3.63, 3.8) is 0 Å². The number of ether oxygens (including phenoxy) is 2. The Morgan fingerprint density at radius 2 is 1.83 bits per heavy atom. The number of benzene rings is 1. The molecule has 3 nitrogen and oxygen atoms in total. The monoisotopic (exact) mass is 474 g/mol. The van der Waals surface area contributed by atoms with Gasteiger partial charge in [-0.1, -0.05) is 0 Å². The molecule has 0 amide bonds. The first-order valence-electron chi connectivity index (χ1n) is 11.6. The second-order valence-corrected chi connectivity index (χ2v) is 13.2. The molecule has 30 heavy (non-hydrogen) atoms. The van der Waals surface area contributed by atoms with Gasteiger partial charge in [0, 0.05) is 0 Å². The Balaban J connectivity index is 1.69. The van der Waals surface area contributed by atoms with E-state index in [1.54, 1.807) is 0 Å². The molecule has 0 aromatic heterocycles. The molecule has 1 unspecified atom stereocenters. The van der Waals surface area contributed by atoms with Crippen LogP contribution in [0.2, 0.25) is 4.31 Å². The van der Waals surface area contributed by atoms with E-state index in [0.717, 1.165) is 25.7 Å². The fourth-order valence-electron chi connectivity index (χ4n) is 6.99. The number of allylic oxidation sites excluding steroid dienone is 2. The van der Waals surface area contributed by atoms with Gasteiger partial charge in [-0.2, -0.15) is 0 Å². The van der Waals surface area contributed by atoms with E-state index in [2.05, 4.69) is 63.3 Å². The molecular formula is C26H34O3Se. The summed E-state index contributed by atoms with van der Waals surface area (Å²) >= 11 is 0.0824. The van der Waals surface area contributed by atoms with Gasteiger partial charge in [0.15, 0.2) is 0 Å². The maximum absolute atomic E-state index is 13.9. The van der Waals surface area contributed by atoms with Crippen molar-refractivity contribution < 1.29 is 14.3 Å². The number of fused-ring (bicyclic) bond motifs is 4. The first-order chi connectivity index (χ1) is 14.4. The second-order valence-electron chi connectivity index (χ2n) is 10.2. The summed E-state index contributed by atoms with van der Waals surface area (Å²) in [6, 6.07) is 10.8. The van der Waals surface area contributed by atoms with Crippen LogP contribution in [0, 0.1) is 29.1 Å². The zero-order valence-electron chi connectivity index (χ0n) is 18.4. The molecule has 4 aliphatic rings. The summed E-state index contributed by atoms with van der Waals surface area (Å²) in [5.41, 5.74) is -0.204. The summed E-state index contributed by atoms with van der Waals surface area (Å²) in [5, 5.41) is 0. The van der Waals surface area contributed by atoms with Crippen LogP contribution in [0.1, 0.15) is 52.9 Å². The van der Waals surface area contributed by atoms with Gasteiger partial charge in [-0.3, -0.25) is 0 Å². The molecule has 2 saturated carbocycles. The van der Waals surface area contributed by atoms with Gasteiger partial charge in [-0.05, 0) is 0 Å². The fourth-order valence-corrected chi connectivity index (χ4v) is 10.5. The Kier molecular flexibility index (Phi) is 5.30. The maximum atomic E-state index is 13.9. The Morgan fingerprint density at radius 1 is 1.10 bits per heavy atom. The van der Waals surface area contributed by atoms with Gasteiger partial charge in [-0.25, -0.2) is 0 Å². The zero-order valence-corrected chi connectivity index (χ0v) is 20.1. The van der Waals surface area contributed by atoms with Crippen molar-refractivity contribution in [2.24, 2.45) is 29.1 Å². The number of hydrogen-bond acceptors (Lipinski definition) is 3. The summed E-state index contributed by atoms with van der Waals surface area (Å²) in [6.07, 6.45) is 9.47. The molecule has 1 spiro atoms. The molecule has 3 fully saturated rings. The molecule has 1 saturated heterocycles. The SMILES string of the molecule is CC(C)[C@H]1CC[C@]2(C)C(=O)C[C@@]3([Se]c4ccccc4)[C@H](C=CCCC34OCCO4)C12. The average Bonchev–Trinajstić information content (AvgIpc) is 3.31. The van der Waals surface area contributed by atoms with E-state index in [9.17, 15) is 4.79 Å². The van der Waals surface area contributed by atoms with Crippen molar-refractivity contribution in [2.75, 3.05) is 13.2 Å². The number of Topliss-reactive ketones (excluding diaryl/α,β-unsaturated/α-hetero) is 1. The normalized spacial score (nSPS) is 39.9. The van der Waals surface area contributed by atoms with Crippen LogP contribution in [-0.4, -0.2) is 39.7 Å². The van der Waals surface area contributed by atoms with Crippen molar-refractivity contribution in [1.82, 2.24) is 0 Å². The van der Waals surface area contributed by atoms with Gasteiger partial charge in [0.05, 0.1) is 0 Å². The summed E-state index contributed by atoms with van der Waals surface area (Å²) < 4.78 is 14.1. The Morgan fingerprint density at radius 3 is 2.53 bits per heavy atom. The number of carbonyl (C=O) groups is 1. The van der Waals surface area contributed by atoms with Gasteiger partial charge in [0.2, 0.25) is 0 Å². The molecule has 1 aliphatic heterocycles. The van der Waals surface area contributed by atoms with Crippen LogP contribution < -0.4 is 4.46 Å². The first-order valence-corrected chi connectivity index (χ1v) is 13.4. The second kappa shape index (κ2) is 7.59. The minimum absolute atomic E-state index is 0.0824. The van der Waals surface area contributed by atoms with Crippen LogP contribution in [-0.2, 0) is 14.3 Å². The first kappa shape index (κ1) is 20.9. The number of hydrogen-bond donors (Lipinski definition) is 0. The minimum atomic E-state index is -0.627. The van der Waals surface area contributed by atoms with Crippen molar-refractivity contribution in [2.45, 2.75) is 63.0 Å². The predicted molar refractivity (Wildman–Crippen MR) is 120 cm³/mol. The van der Waals surface area contributed by atoms with Gasteiger partial charge < -0.3 is 0 Å². The van der Waals surface area contributed by atoms with E-state index in [1.807, 2.05) is 0 Å². The summed E-state index contributed by atoms with van der Waals surface area (Å²) in [4.78, 5) is 13.9. The van der Waals surface area contributed by atoms with Crippen molar-refractivity contribution >= 4 is 25.2 Å². The molecule has 5 atom stereocenters. The number of ketones is 1. The van der Waals surface area contributed by atoms with Crippen molar-refractivity contribution in [3.8, 4) is 0 Å². The van der Waals surface area contributed by atoms with Gasteiger partial charge in [0.25, 0.3) is 0 Å². The molecule has 1 aromatic carbocycles. The van der Waals surface area contributed by atoms with E-state index in [0.29, 0.717) is 49.1 Å². The zero-order chi connectivity index (χ0) is 21.0. The van der Waals surface area contributed by atoms with E-state index in [1.165, 1.54) is 4.46 Å². The Hall–Kier alpha value is -0.931. The van der Waals surface area contributed by atoms with Gasteiger partial charge in [-0.15, -0.1) is 0 Å². The van der Waals surface area contributed by atoms with E-state index in [-0.39, 0.29) is 24.7 Å². The molecule has 0 radical (unpaired) electrons. The molecule has 1 heterocycles. The van der Waals surface area contributed by atoms with Crippen LogP contribution in [0.4, 0.5) is 0 Å². The summed E-state index contributed by atoms with van der Waals surface area (Å²) in [5.74, 6) is 1.70. The molecule has 5 rings (SSSR count). The number of rotatable bonds is 3. The van der Waals surface area contributed by atoms with Crippen LogP contribution >= 0.6 is 0 Å². The number of carbonyl (C=O) groups excluding carboxylic acids is 1. The third-order valence-electron chi connectivity index (χ3n) is 8.46. The van der Waals surface area contributed by atoms with Crippen LogP contribution in [0.25, 0.3) is 0 Å². The third kappa shape index (κ3) is 2.94. The van der Waals surface area contributed by atoms with E-state index >= 15 is 0 Å². The van der Waals surface area contributed by atoms with Gasteiger partial charge in [0.1, 0.15) is 0 Å². The fraction of sp³-hybridized carbons (Fsp3) is 0.654. The molecule has 4 heteroatoms. The Labute approximate surface area is 187 Å². The van der Waals surface area contributed by atoms with Crippen LogP contribution in [0.5, 0.6) is 0 Å². The van der Waals surface area contributed by atoms with E-state index in [4.69, 9.17) is 9.47 Å². The molecule has 0 bridgehead atoms. The summed E-state index contributed by atoms with van der Waals surface area (Å²) in [6.45, 7) is 8.24. The average molecular weight is 474 g/mol. The molecule has 3 aliphatic carbocycles. The quantitative estimate of drug-likeness (QED) is 0.478. The van der Waals surface area contributed by atoms with Gasteiger partial charge >= 0.3 is 187 Å². The molecule has 162 valence electrons. The van der Waals surface area contributed by atoms with Crippen LogP contribution in [0.3, 0.4) is 0 Å². The standard InChI is InChI=1S/C26H34O3Se/c1-18(2)20-12-14-24(3)22(27)17-25(30-19-9-5-4-6-10-19)21(23(20)24)11-7-8-13-26(25)28-15-16-29-26/h4-7,9-11,18,20-21,23H,8,12-17H2,1-3H3/t20-,21-,23?,24-,25-/m1/s1. The van der Waals surface area contributed by atoms with Crippen LogP contribution in [0.15, 0.2) is 42.5 Å². The predicted octanol–water partition coefficient (Wildman–Crippen LogP) is 4.55. The topological polar surface area (TPSA) is 35.5 Å². The molecular weight excluding hydrogens is 439 g/mol. The third-order valence-corrected chi connectivity index (χ3v) is 11.8. The molecule has 1 aromatic rings. The van der Waals surface area contributed by atoms with Crippen molar-refractivity contribution in [3.05, 3.63) is 42.5 Å². The summed E-state index contributed by atoms with van der Waals surface area (Å²) in [7, 11) is 0. The Bertz CT molecular complexity index is 828. The molecule has 0 N–H and O–H groups in total. The van der Waals surface area contributed by atoms with E-state index < -0.39 is 5.79 Å². The van der Waals surface area contributed by atoms with Crippen molar-refractivity contribution in [1.29, 1.82) is 0 Å².